The molecule has 0 saturated carbocycles. The molecule has 1 heterocycles. The first-order valence-electron chi connectivity index (χ1n) is 10.3. The van der Waals surface area contributed by atoms with E-state index in [0.717, 1.165) is 0 Å². The maximum Gasteiger partial charge on any atom is 0.337 e. The van der Waals surface area contributed by atoms with Gasteiger partial charge in [0.15, 0.2) is 6.23 Å². The van der Waals surface area contributed by atoms with Crippen molar-refractivity contribution < 1.29 is 23.8 Å². The smallest absolute Gasteiger partial charge is 0.337 e. The second-order valence-electron chi connectivity index (χ2n) is 6.93. The van der Waals surface area contributed by atoms with Crippen LogP contribution in [0.2, 0.25) is 10.0 Å². The quantitative estimate of drug-likeness (QED) is 0.226. The molecule has 0 saturated heterocycles. The molecule has 3 rings (SSSR count). The van der Waals surface area contributed by atoms with Gasteiger partial charge in [-0.25, -0.2) is 9.78 Å². The number of hydrogen-bond donors (Lipinski definition) is 2. The second-order valence-corrected chi connectivity index (χ2v) is 7.77. The van der Waals surface area contributed by atoms with Crippen molar-refractivity contribution in [2.24, 2.45) is 0 Å². The Bertz CT molecular complexity index is 1110. The lowest BCUT2D eigenvalue weighted by atomic mass is 10.2. The lowest BCUT2D eigenvalue weighted by Crippen LogP contribution is -2.42. The zero-order valence-electron chi connectivity index (χ0n) is 18.3. The molecule has 1 amide bonds. The van der Waals surface area contributed by atoms with Gasteiger partial charge in [-0.1, -0.05) is 35.3 Å². The fraction of sp³-hybridized carbons (Fsp3) is 0.208. The number of aromatic nitrogens is 1. The van der Waals surface area contributed by atoms with Gasteiger partial charge in [-0.15, -0.1) is 0 Å². The van der Waals surface area contributed by atoms with E-state index < -0.39 is 18.1 Å². The molecule has 0 bridgehead atoms. The number of nitrogens with one attached hydrogen (secondary N) is 2. The summed E-state index contributed by atoms with van der Waals surface area (Å²) in [6.45, 7) is 0.676. The molecule has 0 fully saturated rings. The molecule has 3 aromatic rings. The van der Waals surface area contributed by atoms with E-state index in [1.807, 2.05) is 18.2 Å². The first-order chi connectivity index (χ1) is 16.5. The third-order valence-electron chi connectivity index (χ3n) is 4.52. The van der Waals surface area contributed by atoms with Gasteiger partial charge in [0, 0.05) is 17.8 Å². The highest BCUT2D eigenvalue weighted by Crippen LogP contribution is 2.21. The average Bonchev–Trinajstić information content (AvgIpc) is 2.85. The Morgan fingerprint density at radius 3 is 2.65 bits per heavy atom. The van der Waals surface area contributed by atoms with Crippen LogP contribution in [-0.2, 0) is 9.47 Å². The van der Waals surface area contributed by atoms with E-state index in [4.69, 9.17) is 37.4 Å². The maximum atomic E-state index is 12.8. The number of rotatable bonds is 11. The van der Waals surface area contributed by atoms with Gasteiger partial charge in [-0.2, -0.15) is 0 Å². The van der Waals surface area contributed by atoms with Crippen LogP contribution in [0.5, 0.6) is 5.75 Å². The van der Waals surface area contributed by atoms with Crippen molar-refractivity contribution in [3.8, 4) is 5.75 Å². The number of benzene rings is 2. The fourth-order valence-electron chi connectivity index (χ4n) is 2.88. The van der Waals surface area contributed by atoms with Gasteiger partial charge in [-0.05, 0) is 48.5 Å². The Hall–Kier alpha value is -3.33. The van der Waals surface area contributed by atoms with Crippen LogP contribution in [0.1, 0.15) is 20.7 Å². The largest absolute Gasteiger partial charge is 0.489 e. The van der Waals surface area contributed by atoms with Crippen LogP contribution in [0.3, 0.4) is 0 Å². The van der Waals surface area contributed by atoms with Crippen LogP contribution < -0.4 is 15.4 Å². The molecule has 178 valence electrons. The molecule has 10 heteroatoms. The lowest BCUT2D eigenvalue weighted by molar-refractivity contribution is 0.00550. The predicted molar refractivity (Wildman–Crippen MR) is 130 cm³/mol. The molecule has 1 atom stereocenters. The number of carbonyl (C=O) groups is 2. The Balaban J connectivity index is 1.64. The van der Waals surface area contributed by atoms with Crippen LogP contribution in [0.4, 0.5) is 5.82 Å². The molecular weight excluding hydrogens is 481 g/mol. The molecular formula is C24H23Cl2N3O5. The van der Waals surface area contributed by atoms with Crippen LogP contribution >= 0.6 is 23.2 Å². The van der Waals surface area contributed by atoms with Gasteiger partial charge in [0.25, 0.3) is 5.91 Å². The van der Waals surface area contributed by atoms with Gasteiger partial charge in [-0.3, -0.25) is 4.79 Å². The third-order valence-corrected chi connectivity index (χ3v) is 5.06. The van der Waals surface area contributed by atoms with Gasteiger partial charge in [0.1, 0.15) is 18.2 Å². The van der Waals surface area contributed by atoms with E-state index >= 15 is 0 Å². The average molecular weight is 504 g/mol. The number of nitrogens with zero attached hydrogens (tertiary/aromatic N) is 1. The predicted octanol–water partition coefficient (Wildman–Crippen LogP) is 4.44. The van der Waals surface area contributed by atoms with Crippen molar-refractivity contribution >= 4 is 40.9 Å². The summed E-state index contributed by atoms with van der Waals surface area (Å²) in [5.74, 6) is 0.193. The minimum Gasteiger partial charge on any atom is -0.489 e. The fourth-order valence-corrected chi connectivity index (χ4v) is 3.37. The normalized spacial score (nSPS) is 11.4. The molecule has 1 unspecified atom stereocenters. The van der Waals surface area contributed by atoms with Crippen molar-refractivity contribution in [1.29, 1.82) is 0 Å². The monoisotopic (exact) mass is 503 g/mol. The number of methoxy groups -OCH3 is 1. The van der Waals surface area contributed by atoms with Crippen LogP contribution in [0.25, 0.3) is 0 Å². The molecule has 0 spiro atoms. The number of esters is 1. The molecule has 34 heavy (non-hydrogen) atoms. The van der Waals surface area contributed by atoms with E-state index in [0.29, 0.717) is 28.7 Å². The number of hydrogen-bond acceptors (Lipinski definition) is 7. The van der Waals surface area contributed by atoms with E-state index in [2.05, 4.69) is 15.6 Å². The number of anilines is 1. The summed E-state index contributed by atoms with van der Waals surface area (Å²) in [7, 11) is 1.30. The Kier molecular flexibility index (Phi) is 9.51. The lowest BCUT2D eigenvalue weighted by Gasteiger charge is -2.21. The molecule has 0 aliphatic heterocycles. The van der Waals surface area contributed by atoms with Gasteiger partial charge < -0.3 is 24.8 Å². The SMILES string of the molecule is COC(=O)c1cccc(OCC(NC(=O)c2ccc(Cl)cc2Cl)OCCNc2ccccn2)c1. The highest BCUT2D eigenvalue weighted by Gasteiger charge is 2.18. The first kappa shape index (κ1) is 25.3. The van der Waals surface area contributed by atoms with Crippen LogP contribution in [0, 0.1) is 0 Å². The summed E-state index contributed by atoms with van der Waals surface area (Å²) in [6.07, 6.45) is 0.866. The number of pyridine rings is 1. The molecule has 8 nitrogen and oxygen atoms in total. The first-order valence-corrected chi connectivity index (χ1v) is 11.1. The molecule has 0 aliphatic rings. The summed E-state index contributed by atoms with van der Waals surface area (Å²) in [5, 5.41) is 6.52. The number of amides is 1. The van der Waals surface area contributed by atoms with Crippen molar-refractivity contribution in [1.82, 2.24) is 10.3 Å². The summed E-state index contributed by atoms with van der Waals surface area (Å²) in [4.78, 5) is 28.7. The molecule has 1 aromatic heterocycles. The van der Waals surface area contributed by atoms with Crippen molar-refractivity contribution in [2.75, 3.05) is 32.2 Å². The summed E-state index contributed by atoms with van der Waals surface area (Å²) >= 11 is 12.1. The Morgan fingerprint density at radius 2 is 1.91 bits per heavy atom. The van der Waals surface area contributed by atoms with Crippen molar-refractivity contribution in [2.45, 2.75) is 6.23 Å². The van der Waals surface area contributed by atoms with Crippen LogP contribution in [-0.4, -0.2) is 50.0 Å². The third kappa shape index (κ3) is 7.62. The van der Waals surface area contributed by atoms with Crippen LogP contribution in [0.15, 0.2) is 66.9 Å². The standard InChI is InChI=1S/C24H23Cl2N3O5/c1-32-24(31)16-5-4-6-18(13-16)34-15-22(33-12-11-28-21-7-2-3-10-27-21)29-23(30)19-9-8-17(25)14-20(19)26/h2-10,13-14,22H,11-12,15H2,1H3,(H,27,28)(H,29,30). The van der Waals surface area contributed by atoms with Gasteiger partial charge in [0.05, 0.1) is 29.9 Å². The minimum absolute atomic E-state index is 0.0227. The molecule has 2 N–H and O–H groups in total. The van der Waals surface area contributed by atoms with E-state index in [1.54, 1.807) is 36.5 Å². The Morgan fingerprint density at radius 1 is 1.06 bits per heavy atom. The maximum absolute atomic E-state index is 12.8. The van der Waals surface area contributed by atoms with E-state index in [-0.39, 0.29) is 23.8 Å². The molecule has 0 radical (unpaired) electrons. The Labute approximate surface area is 207 Å². The summed E-state index contributed by atoms with van der Waals surface area (Å²) in [6, 6.07) is 16.6. The zero-order chi connectivity index (χ0) is 24.3. The van der Waals surface area contributed by atoms with Crippen molar-refractivity contribution in [3.05, 3.63) is 88.0 Å². The number of ether oxygens (including phenoxy) is 3. The number of carbonyl (C=O) groups excluding carboxylic acids is 2. The van der Waals surface area contributed by atoms with Crippen molar-refractivity contribution in [3.63, 3.8) is 0 Å². The number of halogens is 2. The van der Waals surface area contributed by atoms with E-state index in [9.17, 15) is 9.59 Å². The second kappa shape index (κ2) is 12.8. The summed E-state index contributed by atoms with van der Waals surface area (Å²) in [5.41, 5.74) is 0.591. The topological polar surface area (TPSA) is 98.8 Å². The van der Waals surface area contributed by atoms with Gasteiger partial charge >= 0.3 is 5.97 Å². The zero-order valence-corrected chi connectivity index (χ0v) is 19.8. The highest BCUT2D eigenvalue weighted by atomic mass is 35.5. The van der Waals surface area contributed by atoms with Gasteiger partial charge in [0.2, 0.25) is 0 Å². The molecule has 0 aliphatic carbocycles. The highest BCUT2D eigenvalue weighted by molar-refractivity contribution is 6.36. The minimum atomic E-state index is -0.813. The molecule has 2 aromatic carbocycles. The summed E-state index contributed by atoms with van der Waals surface area (Å²) < 4.78 is 16.3. The van der Waals surface area contributed by atoms with E-state index in [1.165, 1.54) is 19.2 Å².